The van der Waals surface area contributed by atoms with Gasteiger partial charge in [0.2, 0.25) is 5.91 Å². The van der Waals surface area contributed by atoms with Gasteiger partial charge in [-0.2, -0.15) is 0 Å². The number of nitrogens with one attached hydrogen (secondary N) is 1. The molecular formula is C14H28N2O2. The minimum atomic E-state index is 0.0117. The summed E-state index contributed by atoms with van der Waals surface area (Å²) in [6, 6.07) is 0.133. The van der Waals surface area contributed by atoms with Gasteiger partial charge in [-0.15, -0.1) is 0 Å². The minimum absolute atomic E-state index is 0.0117. The summed E-state index contributed by atoms with van der Waals surface area (Å²) in [4.78, 5) is 12.3. The van der Waals surface area contributed by atoms with E-state index in [1.54, 1.807) is 0 Å². The summed E-state index contributed by atoms with van der Waals surface area (Å²) < 4.78 is 5.58. The average Bonchev–Trinajstić information content (AvgIpc) is 2.75. The van der Waals surface area contributed by atoms with Crippen molar-refractivity contribution in [2.24, 2.45) is 17.1 Å². The molecule has 0 bridgehead atoms. The molecule has 1 rings (SSSR count). The van der Waals surface area contributed by atoms with E-state index >= 15 is 0 Å². The zero-order chi connectivity index (χ0) is 13.8. The first-order valence-electron chi connectivity index (χ1n) is 7.02. The molecule has 3 N–H and O–H groups in total. The van der Waals surface area contributed by atoms with Gasteiger partial charge in [0.15, 0.2) is 0 Å². The van der Waals surface area contributed by atoms with Gasteiger partial charge in [0.1, 0.15) is 0 Å². The van der Waals surface area contributed by atoms with Crippen LogP contribution in [0.3, 0.4) is 0 Å². The van der Waals surface area contributed by atoms with E-state index in [-0.39, 0.29) is 29.4 Å². The SMILES string of the molecule is CCC1OCCC1C(=O)NC(CCN)C(C)(C)C. The summed E-state index contributed by atoms with van der Waals surface area (Å²) in [5, 5.41) is 3.17. The monoisotopic (exact) mass is 256 g/mol. The van der Waals surface area contributed by atoms with E-state index in [0.717, 1.165) is 19.3 Å². The topological polar surface area (TPSA) is 64.3 Å². The van der Waals surface area contributed by atoms with Crippen molar-refractivity contribution in [1.29, 1.82) is 0 Å². The summed E-state index contributed by atoms with van der Waals surface area (Å²) in [7, 11) is 0. The normalized spacial score (nSPS) is 26.1. The molecule has 4 nitrogen and oxygen atoms in total. The predicted molar refractivity (Wildman–Crippen MR) is 73.2 cm³/mol. The summed E-state index contributed by atoms with van der Waals surface area (Å²) in [5.74, 6) is 0.144. The van der Waals surface area contributed by atoms with Crippen molar-refractivity contribution in [2.75, 3.05) is 13.2 Å². The summed E-state index contributed by atoms with van der Waals surface area (Å²) >= 11 is 0. The average molecular weight is 256 g/mol. The molecule has 0 radical (unpaired) electrons. The molecule has 0 spiro atoms. The molecule has 3 unspecified atom stereocenters. The van der Waals surface area contributed by atoms with E-state index in [0.29, 0.717) is 13.2 Å². The summed E-state index contributed by atoms with van der Waals surface area (Å²) in [6.07, 6.45) is 2.64. The fourth-order valence-corrected chi connectivity index (χ4v) is 2.52. The number of rotatable bonds is 5. The number of hydrogen-bond donors (Lipinski definition) is 2. The van der Waals surface area contributed by atoms with Gasteiger partial charge < -0.3 is 15.8 Å². The molecule has 106 valence electrons. The van der Waals surface area contributed by atoms with Crippen molar-refractivity contribution in [2.45, 2.75) is 59.1 Å². The maximum Gasteiger partial charge on any atom is 0.226 e. The number of amides is 1. The van der Waals surface area contributed by atoms with Crippen LogP contribution < -0.4 is 11.1 Å². The molecule has 1 fully saturated rings. The quantitative estimate of drug-likeness (QED) is 0.786. The molecule has 0 aromatic carbocycles. The minimum Gasteiger partial charge on any atom is -0.377 e. The second-order valence-electron chi connectivity index (χ2n) is 6.22. The fourth-order valence-electron chi connectivity index (χ4n) is 2.52. The Morgan fingerprint density at radius 1 is 1.50 bits per heavy atom. The molecule has 1 aliphatic rings. The van der Waals surface area contributed by atoms with E-state index in [1.165, 1.54) is 0 Å². The third kappa shape index (κ3) is 3.95. The first kappa shape index (κ1) is 15.4. The van der Waals surface area contributed by atoms with Gasteiger partial charge in [0.25, 0.3) is 0 Å². The lowest BCUT2D eigenvalue weighted by Crippen LogP contribution is -2.48. The third-order valence-corrected chi connectivity index (χ3v) is 3.77. The fraction of sp³-hybridized carbons (Fsp3) is 0.929. The van der Waals surface area contributed by atoms with Crippen LogP contribution in [0.2, 0.25) is 0 Å². The Morgan fingerprint density at radius 3 is 2.67 bits per heavy atom. The Balaban J connectivity index is 2.61. The second-order valence-corrected chi connectivity index (χ2v) is 6.22. The predicted octanol–water partition coefficient (Wildman–Crippen LogP) is 1.68. The van der Waals surface area contributed by atoms with E-state index in [2.05, 4.69) is 33.0 Å². The van der Waals surface area contributed by atoms with Crippen molar-refractivity contribution in [3.63, 3.8) is 0 Å². The summed E-state index contributed by atoms with van der Waals surface area (Å²) in [5.41, 5.74) is 5.67. The van der Waals surface area contributed by atoms with Crippen LogP contribution in [-0.2, 0) is 9.53 Å². The van der Waals surface area contributed by atoms with Gasteiger partial charge in [-0.3, -0.25) is 4.79 Å². The van der Waals surface area contributed by atoms with Crippen LogP contribution in [0.4, 0.5) is 0 Å². The van der Waals surface area contributed by atoms with Crippen LogP contribution in [0.15, 0.2) is 0 Å². The number of ether oxygens (including phenoxy) is 1. The van der Waals surface area contributed by atoms with Crippen LogP contribution in [0.1, 0.15) is 47.0 Å². The molecule has 1 heterocycles. The van der Waals surface area contributed by atoms with Gasteiger partial charge in [0.05, 0.1) is 12.0 Å². The van der Waals surface area contributed by atoms with Crippen LogP contribution in [0.5, 0.6) is 0 Å². The standard InChI is InChI=1S/C14H28N2O2/c1-5-11-10(7-9-18-11)13(17)16-12(6-8-15)14(2,3)4/h10-12H,5-9,15H2,1-4H3,(H,16,17). The van der Waals surface area contributed by atoms with E-state index in [1.807, 2.05) is 0 Å². The van der Waals surface area contributed by atoms with Crippen LogP contribution >= 0.6 is 0 Å². The highest BCUT2D eigenvalue weighted by Crippen LogP contribution is 2.26. The Hall–Kier alpha value is -0.610. The van der Waals surface area contributed by atoms with Gasteiger partial charge in [-0.25, -0.2) is 0 Å². The molecule has 0 aromatic heterocycles. The lowest BCUT2D eigenvalue weighted by molar-refractivity contribution is -0.128. The van der Waals surface area contributed by atoms with Crippen molar-refractivity contribution in [1.82, 2.24) is 5.32 Å². The Labute approximate surface area is 111 Å². The second kappa shape index (κ2) is 6.53. The van der Waals surface area contributed by atoms with Crippen LogP contribution in [0.25, 0.3) is 0 Å². The van der Waals surface area contributed by atoms with Crippen molar-refractivity contribution < 1.29 is 9.53 Å². The van der Waals surface area contributed by atoms with Crippen LogP contribution in [-0.4, -0.2) is 31.2 Å². The molecule has 0 saturated carbocycles. The van der Waals surface area contributed by atoms with Gasteiger partial charge in [0, 0.05) is 12.6 Å². The maximum atomic E-state index is 12.3. The molecule has 1 saturated heterocycles. The van der Waals surface area contributed by atoms with Crippen molar-refractivity contribution in [3.05, 3.63) is 0 Å². The number of carbonyl (C=O) groups is 1. The van der Waals surface area contributed by atoms with Gasteiger partial charge in [-0.05, 0) is 31.2 Å². The molecule has 1 amide bonds. The van der Waals surface area contributed by atoms with Gasteiger partial charge in [-0.1, -0.05) is 27.7 Å². The van der Waals surface area contributed by atoms with E-state index in [4.69, 9.17) is 10.5 Å². The molecule has 0 aromatic rings. The molecule has 0 aliphatic carbocycles. The van der Waals surface area contributed by atoms with E-state index in [9.17, 15) is 4.79 Å². The Bertz CT molecular complexity index is 273. The Kier molecular flexibility index (Phi) is 5.60. The lowest BCUT2D eigenvalue weighted by atomic mass is 9.84. The zero-order valence-corrected chi connectivity index (χ0v) is 12.2. The number of hydrogen-bond acceptors (Lipinski definition) is 3. The molecular weight excluding hydrogens is 228 g/mol. The number of carbonyl (C=O) groups excluding carboxylic acids is 1. The molecule has 4 heteroatoms. The third-order valence-electron chi connectivity index (χ3n) is 3.77. The highest BCUT2D eigenvalue weighted by molar-refractivity contribution is 5.79. The first-order valence-corrected chi connectivity index (χ1v) is 7.02. The summed E-state index contributed by atoms with van der Waals surface area (Å²) in [6.45, 7) is 9.77. The van der Waals surface area contributed by atoms with Crippen molar-refractivity contribution in [3.8, 4) is 0 Å². The lowest BCUT2D eigenvalue weighted by Gasteiger charge is -2.32. The van der Waals surface area contributed by atoms with E-state index < -0.39 is 0 Å². The molecule has 18 heavy (non-hydrogen) atoms. The number of nitrogens with two attached hydrogens (primary N) is 1. The van der Waals surface area contributed by atoms with Gasteiger partial charge >= 0.3 is 0 Å². The zero-order valence-electron chi connectivity index (χ0n) is 12.2. The van der Waals surface area contributed by atoms with Crippen LogP contribution in [0, 0.1) is 11.3 Å². The highest BCUT2D eigenvalue weighted by Gasteiger charge is 2.35. The van der Waals surface area contributed by atoms with Crippen molar-refractivity contribution >= 4 is 5.91 Å². The Morgan fingerprint density at radius 2 is 2.17 bits per heavy atom. The smallest absolute Gasteiger partial charge is 0.226 e. The first-order chi connectivity index (χ1) is 8.40. The molecule has 3 atom stereocenters. The maximum absolute atomic E-state index is 12.3. The molecule has 1 aliphatic heterocycles. The highest BCUT2D eigenvalue weighted by atomic mass is 16.5. The largest absolute Gasteiger partial charge is 0.377 e.